The van der Waals surface area contributed by atoms with E-state index >= 15 is 0 Å². The van der Waals surface area contributed by atoms with Gasteiger partial charge in [-0.1, -0.05) is 0 Å². The number of carbonyl (C=O) groups is 1. The predicted octanol–water partition coefficient (Wildman–Crippen LogP) is 4.30. The van der Waals surface area contributed by atoms with E-state index in [4.69, 9.17) is 4.98 Å². The Balaban J connectivity index is 1.25. The van der Waals surface area contributed by atoms with Gasteiger partial charge in [-0.2, -0.15) is 5.10 Å². The Kier molecular flexibility index (Phi) is 4.90. The summed E-state index contributed by atoms with van der Waals surface area (Å²) in [5.74, 6) is 1.79. The highest BCUT2D eigenvalue weighted by molar-refractivity contribution is 5.97. The Labute approximate surface area is 206 Å². The highest BCUT2D eigenvalue weighted by Crippen LogP contribution is 2.33. The molecule has 1 aliphatic heterocycles. The first-order chi connectivity index (χ1) is 17.7. The molecular weight excluding hydrogens is 454 g/mol. The van der Waals surface area contributed by atoms with Gasteiger partial charge >= 0.3 is 0 Å². The van der Waals surface area contributed by atoms with Crippen LogP contribution in [0.5, 0.6) is 0 Å². The van der Waals surface area contributed by atoms with Crippen molar-refractivity contribution in [2.75, 3.05) is 23.3 Å². The van der Waals surface area contributed by atoms with Crippen molar-refractivity contribution in [3.05, 3.63) is 43.0 Å². The van der Waals surface area contributed by atoms with Gasteiger partial charge in [0.15, 0.2) is 11.6 Å². The molecule has 2 aliphatic rings. The minimum atomic E-state index is 0.0535. The summed E-state index contributed by atoms with van der Waals surface area (Å²) in [7, 11) is 0. The number of aromatic amines is 2. The molecule has 2 fully saturated rings. The molecule has 5 aromatic rings. The second-order valence-electron chi connectivity index (χ2n) is 9.58. The normalized spacial score (nSPS) is 16.1. The lowest BCUT2D eigenvalue weighted by Gasteiger charge is -2.27. The van der Waals surface area contributed by atoms with E-state index in [9.17, 15) is 4.79 Å². The standard InChI is InChI=1S/C26H25N9O/c36-26(15-4-5-15)30-17-10-16(12-27-13-17)20-11-18-21(14-29-20)33-34-22(18)24-31-19-6-7-28-25(23(19)32-24)35-8-2-1-3-9-35/h6-7,10-15H,1-5,8-9H2,(H,30,36)(H,31,32)(H,33,34). The van der Waals surface area contributed by atoms with Crippen molar-refractivity contribution in [2.24, 2.45) is 5.92 Å². The smallest absolute Gasteiger partial charge is 0.227 e. The maximum Gasteiger partial charge on any atom is 0.227 e. The summed E-state index contributed by atoms with van der Waals surface area (Å²) in [4.78, 5) is 36.4. The lowest BCUT2D eigenvalue weighted by molar-refractivity contribution is -0.117. The van der Waals surface area contributed by atoms with Crippen molar-refractivity contribution in [1.82, 2.24) is 35.1 Å². The summed E-state index contributed by atoms with van der Waals surface area (Å²) in [6, 6.07) is 5.84. The van der Waals surface area contributed by atoms with Crippen LogP contribution in [0.25, 0.3) is 44.7 Å². The zero-order valence-corrected chi connectivity index (χ0v) is 19.7. The molecule has 7 rings (SSSR count). The summed E-state index contributed by atoms with van der Waals surface area (Å²) in [6.07, 6.45) is 12.5. The average Bonchev–Trinajstić information content (AvgIpc) is 3.55. The van der Waals surface area contributed by atoms with Gasteiger partial charge in [0, 0.05) is 42.4 Å². The van der Waals surface area contributed by atoms with Gasteiger partial charge in [-0.15, -0.1) is 0 Å². The summed E-state index contributed by atoms with van der Waals surface area (Å²) >= 11 is 0. The van der Waals surface area contributed by atoms with Crippen molar-refractivity contribution >= 4 is 39.3 Å². The molecule has 180 valence electrons. The molecule has 3 N–H and O–H groups in total. The van der Waals surface area contributed by atoms with E-state index in [1.807, 2.05) is 24.4 Å². The quantitative estimate of drug-likeness (QED) is 0.343. The molecule has 0 spiro atoms. The van der Waals surface area contributed by atoms with E-state index in [1.165, 1.54) is 19.3 Å². The number of anilines is 2. The van der Waals surface area contributed by atoms with Crippen molar-refractivity contribution in [1.29, 1.82) is 0 Å². The van der Waals surface area contributed by atoms with Gasteiger partial charge in [-0.05, 0) is 50.3 Å². The van der Waals surface area contributed by atoms with Crippen LogP contribution in [-0.2, 0) is 4.79 Å². The third-order valence-electron chi connectivity index (χ3n) is 6.96. The summed E-state index contributed by atoms with van der Waals surface area (Å²) < 4.78 is 0. The molecule has 0 bridgehead atoms. The number of hydrogen-bond donors (Lipinski definition) is 3. The minimum Gasteiger partial charge on any atom is -0.355 e. The Morgan fingerprint density at radius 2 is 1.92 bits per heavy atom. The van der Waals surface area contributed by atoms with Crippen LogP contribution >= 0.6 is 0 Å². The number of nitrogens with zero attached hydrogens (tertiary/aromatic N) is 6. The van der Waals surface area contributed by atoms with E-state index in [-0.39, 0.29) is 11.8 Å². The molecule has 36 heavy (non-hydrogen) atoms. The first-order valence-corrected chi connectivity index (χ1v) is 12.4. The van der Waals surface area contributed by atoms with Gasteiger partial charge in [-0.3, -0.25) is 19.9 Å². The number of carbonyl (C=O) groups excluding carboxylic acids is 1. The number of aromatic nitrogens is 7. The topological polar surface area (TPSA) is 128 Å². The van der Waals surface area contributed by atoms with Gasteiger partial charge in [0.05, 0.1) is 34.8 Å². The van der Waals surface area contributed by atoms with E-state index < -0.39 is 0 Å². The number of imidazole rings is 1. The van der Waals surface area contributed by atoms with Gasteiger partial charge in [-0.25, -0.2) is 9.97 Å². The second-order valence-corrected chi connectivity index (χ2v) is 9.58. The monoisotopic (exact) mass is 479 g/mol. The second kappa shape index (κ2) is 8.40. The number of piperidine rings is 1. The molecule has 0 atom stereocenters. The molecule has 6 heterocycles. The van der Waals surface area contributed by atoms with Crippen LogP contribution in [0.2, 0.25) is 0 Å². The average molecular weight is 480 g/mol. The molecule has 0 radical (unpaired) electrons. The Bertz CT molecular complexity index is 1590. The Morgan fingerprint density at radius 3 is 2.78 bits per heavy atom. The van der Waals surface area contributed by atoms with E-state index in [1.54, 1.807) is 18.6 Å². The minimum absolute atomic E-state index is 0.0535. The molecule has 1 aliphatic carbocycles. The number of fused-ring (bicyclic) bond motifs is 2. The molecule has 0 unspecified atom stereocenters. The number of hydrogen-bond acceptors (Lipinski definition) is 7. The number of nitrogens with one attached hydrogen (secondary N) is 3. The fourth-order valence-corrected chi connectivity index (χ4v) is 4.86. The van der Waals surface area contributed by atoms with E-state index in [0.29, 0.717) is 11.5 Å². The van der Waals surface area contributed by atoms with Crippen LogP contribution < -0.4 is 10.2 Å². The first kappa shape index (κ1) is 21.0. The van der Waals surface area contributed by atoms with E-state index in [2.05, 4.69) is 40.3 Å². The third kappa shape index (κ3) is 3.74. The summed E-state index contributed by atoms with van der Waals surface area (Å²) in [5.41, 5.74) is 5.58. The molecule has 10 heteroatoms. The van der Waals surface area contributed by atoms with Gasteiger partial charge in [0.25, 0.3) is 0 Å². The number of rotatable bonds is 5. The summed E-state index contributed by atoms with van der Waals surface area (Å²) in [6.45, 7) is 2.01. The van der Waals surface area contributed by atoms with Crippen LogP contribution in [0.3, 0.4) is 0 Å². The third-order valence-corrected chi connectivity index (χ3v) is 6.96. The van der Waals surface area contributed by atoms with Crippen molar-refractivity contribution < 1.29 is 4.79 Å². The Hall–Kier alpha value is -4.34. The molecule has 1 amide bonds. The maximum absolute atomic E-state index is 12.2. The number of amides is 1. The lowest BCUT2D eigenvalue weighted by Crippen LogP contribution is -2.30. The van der Waals surface area contributed by atoms with Crippen LogP contribution in [0.15, 0.2) is 43.0 Å². The van der Waals surface area contributed by atoms with Crippen LogP contribution in [0.4, 0.5) is 11.5 Å². The molecule has 0 aromatic carbocycles. The molecule has 5 aromatic heterocycles. The van der Waals surface area contributed by atoms with Crippen molar-refractivity contribution in [3.8, 4) is 22.8 Å². The molecular formula is C26H25N9O. The first-order valence-electron chi connectivity index (χ1n) is 12.4. The van der Waals surface area contributed by atoms with Crippen LogP contribution in [-0.4, -0.2) is 54.1 Å². The largest absolute Gasteiger partial charge is 0.355 e. The molecule has 1 saturated heterocycles. The van der Waals surface area contributed by atoms with Crippen LogP contribution in [0.1, 0.15) is 32.1 Å². The summed E-state index contributed by atoms with van der Waals surface area (Å²) in [5, 5.41) is 11.5. The zero-order valence-electron chi connectivity index (χ0n) is 19.7. The highest BCUT2D eigenvalue weighted by Gasteiger charge is 2.29. The fourth-order valence-electron chi connectivity index (χ4n) is 4.86. The fraction of sp³-hybridized carbons (Fsp3) is 0.308. The highest BCUT2D eigenvalue weighted by atomic mass is 16.2. The van der Waals surface area contributed by atoms with Gasteiger partial charge in [0.2, 0.25) is 5.91 Å². The van der Waals surface area contributed by atoms with Crippen molar-refractivity contribution in [3.63, 3.8) is 0 Å². The Morgan fingerprint density at radius 1 is 1.03 bits per heavy atom. The van der Waals surface area contributed by atoms with Gasteiger partial charge < -0.3 is 15.2 Å². The molecule has 1 saturated carbocycles. The van der Waals surface area contributed by atoms with Gasteiger partial charge in [0.1, 0.15) is 11.2 Å². The predicted molar refractivity (Wildman–Crippen MR) is 137 cm³/mol. The molecule has 10 nitrogen and oxygen atoms in total. The van der Waals surface area contributed by atoms with Crippen LogP contribution in [0, 0.1) is 5.92 Å². The van der Waals surface area contributed by atoms with E-state index in [0.717, 1.165) is 70.6 Å². The maximum atomic E-state index is 12.2. The number of pyridine rings is 3. The SMILES string of the molecule is O=C(Nc1cncc(-c2cc3c(-c4nc5c(N6CCCCC6)nccc5[nH]4)n[nH]c3cn2)c1)C1CC1. The lowest BCUT2D eigenvalue weighted by atomic mass is 10.1. The van der Waals surface area contributed by atoms with Crippen molar-refractivity contribution in [2.45, 2.75) is 32.1 Å². The number of H-pyrrole nitrogens is 2. The zero-order chi connectivity index (χ0) is 24.1.